The number of methoxy groups -OCH3 is 3. The number of carbonyl (C=O) groups excluding carboxylic acids is 2. The van der Waals surface area contributed by atoms with Crippen molar-refractivity contribution in [3.05, 3.63) is 98.4 Å². The summed E-state index contributed by atoms with van der Waals surface area (Å²) in [4.78, 5) is 32.0. The molecule has 1 N–H and O–H groups in total. The molecule has 0 unspecified atom stereocenters. The van der Waals surface area contributed by atoms with Gasteiger partial charge in [-0.3, -0.25) is 14.6 Å². The van der Waals surface area contributed by atoms with Gasteiger partial charge in [0.1, 0.15) is 23.7 Å². The van der Waals surface area contributed by atoms with E-state index in [0.717, 1.165) is 0 Å². The predicted molar refractivity (Wildman–Crippen MR) is 156 cm³/mol. The second kappa shape index (κ2) is 13.8. The fraction of sp³-hybridized carbons (Fsp3) is 0.172. The third kappa shape index (κ3) is 6.78. The second-order valence-corrected chi connectivity index (χ2v) is 9.60. The fourth-order valence-corrected chi connectivity index (χ4v) is 4.69. The van der Waals surface area contributed by atoms with E-state index in [2.05, 4.69) is 15.3 Å². The molecule has 2 aromatic carbocycles. The van der Waals surface area contributed by atoms with E-state index in [-0.39, 0.29) is 23.2 Å². The van der Waals surface area contributed by atoms with E-state index in [1.807, 2.05) is 0 Å². The fourth-order valence-electron chi connectivity index (χ4n) is 3.91. The number of carbonyl (C=O) groups is 2. The van der Waals surface area contributed by atoms with Crippen LogP contribution in [0.3, 0.4) is 0 Å². The summed E-state index contributed by atoms with van der Waals surface area (Å²) in [5.41, 5.74) is 2.93. The van der Waals surface area contributed by atoms with Gasteiger partial charge in [0.05, 0.1) is 33.4 Å². The third-order valence-corrected chi connectivity index (χ3v) is 7.06. The highest BCUT2D eigenvalue weighted by atomic mass is 35.5. The molecule has 0 bridgehead atoms. The number of aromatic nitrogens is 2. The minimum absolute atomic E-state index is 0.0109. The van der Waals surface area contributed by atoms with Crippen molar-refractivity contribution in [2.24, 2.45) is 0 Å². The van der Waals surface area contributed by atoms with Gasteiger partial charge in [-0.05, 0) is 30.3 Å². The van der Waals surface area contributed by atoms with E-state index < -0.39 is 12.2 Å². The van der Waals surface area contributed by atoms with Crippen LogP contribution >= 0.6 is 34.8 Å². The Bertz CT molecular complexity index is 1560. The van der Waals surface area contributed by atoms with Crippen molar-refractivity contribution < 1.29 is 28.5 Å². The van der Waals surface area contributed by atoms with Crippen molar-refractivity contribution in [1.82, 2.24) is 9.97 Å². The number of nitrogens with one attached hydrogen (secondary N) is 1. The lowest BCUT2D eigenvalue weighted by atomic mass is 10.0. The Kier molecular flexibility index (Phi) is 10.1. The Morgan fingerprint density at radius 1 is 0.976 bits per heavy atom. The Morgan fingerprint density at radius 2 is 1.68 bits per heavy atom. The Morgan fingerprint density at radius 3 is 2.32 bits per heavy atom. The first kappa shape index (κ1) is 30.2. The molecule has 0 aliphatic heterocycles. The molecular formula is C29H24Cl3N3O6. The number of aldehydes is 1. The zero-order chi connectivity index (χ0) is 29.5. The minimum atomic E-state index is -0.708. The van der Waals surface area contributed by atoms with Crippen LogP contribution in [-0.2, 0) is 16.1 Å². The van der Waals surface area contributed by atoms with Crippen molar-refractivity contribution in [3.8, 4) is 22.8 Å². The van der Waals surface area contributed by atoms with Crippen molar-refractivity contribution >= 4 is 52.7 Å². The molecule has 41 heavy (non-hydrogen) atoms. The van der Waals surface area contributed by atoms with Crippen LogP contribution in [0.1, 0.15) is 38.4 Å². The molecule has 0 spiro atoms. The molecule has 12 heteroatoms. The number of benzene rings is 2. The van der Waals surface area contributed by atoms with Gasteiger partial charge in [0.2, 0.25) is 5.88 Å². The summed E-state index contributed by atoms with van der Waals surface area (Å²) in [5, 5.41) is 3.63. The van der Waals surface area contributed by atoms with Crippen molar-refractivity contribution in [3.63, 3.8) is 0 Å². The number of amides is 1. The number of halogens is 3. The van der Waals surface area contributed by atoms with Gasteiger partial charge >= 0.3 is 0 Å². The van der Waals surface area contributed by atoms with Crippen LogP contribution in [0.5, 0.6) is 11.6 Å². The molecule has 0 aliphatic carbocycles. The number of hydrogen-bond acceptors (Lipinski definition) is 8. The summed E-state index contributed by atoms with van der Waals surface area (Å²) < 4.78 is 22.0. The van der Waals surface area contributed by atoms with Gasteiger partial charge in [0.25, 0.3) is 5.91 Å². The molecule has 0 radical (unpaired) electrons. The zero-order valence-electron chi connectivity index (χ0n) is 22.1. The Hall–Kier alpha value is -3.73. The molecule has 9 nitrogen and oxygen atoms in total. The number of anilines is 1. The summed E-state index contributed by atoms with van der Waals surface area (Å²) in [7, 11) is 4.47. The number of ether oxygens (including phenoxy) is 4. The average molecular weight is 617 g/mol. The molecule has 212 valence electrons. The third-order valence-electron chi connectivity index (χ3n) is 5.94. The van der Waals surface area contributed by atoms with Crippen LogP contribution in [0.4, 0.5) is 5.69 Å². The molecule has 4 rings (SSSR count). The Labute approximate surface area is 251 Å². The maximum Gasteiger partial charge on any atom is 0.274 e. The van der Waals surface area contributed by atoms with E-state index in [4.69, 9.17) is 53.8 Å². The number of pyridine rings is 2. The van der Waals surface area contributed by atoms with E-state index >= 15 is 0 Å². The highest BCUT2D eigenvalue weighted by Gasteiger charge is 2.21. The predicted octanol–water partition coefficient (Wildman–Crippen LogP) is 7.05. The molecule has 4 aromatic rings. The summed E-state index contributed by atoms with van der Waals surface area (Å²) in [6.07, 6.45) is 1.25. The minimum Gasteiger partial charge on any atom is -0.486 e. The monoisotopic (exact) mass is 615 g/mol. The maximum absolute atomic E-state index is 12.7. The first-order chi connectivity index (χ1) is 19.8. The quantitative estimate of drug-likeness (QED) is 0.141. The number of rotatable bonds is 11. The van der Waals surface area contributed by atoms with Crippen LogP contribution in [0.15, 0.2) is 60.8 Å². The molecular weight excluding hydrogens is 593 g/mol. The lowest BCUT2D eigenvalue weighted by Gasteiger charge is -2.18. The molecule has 0 atom stereocenters. The first-order valence-electron chi connectivity index (χ1n) is 12.0. The molecule has 0 fully saturated rings. The van der Waals surface area contributed by atoms with Crippen molar-refractivity contribution in [2.45, 2.75) is 12.9 Å². The molecule has 0 aliphatic rings. The summed E-state index contributed by atoms with van der Waals surface area (Å²) >= 11 is 19.9. The van der Waals surface area contributed by atoms with Crippen LogP contribution in [-0.4, -0.2) is 43.5 Å². The zero-order valence-corrected chi connectivity index (χ0v) is 24.4. The lowest BCUT2D eigenvalue weighted by Crippen LogP contribution is -2.14. The summed E-state index contributed by atoms with van der Waals surface area (Å²) in [6.45, 7) is -0.0109. The van der Waals surface area contributed by atoms with Gasteiger partial charge < -0.3 is 24.3 Å². The topological polar surface area (TPSA) is 109 Å². The average Bonchev–Trinajstić information content (AvgIpc) is 2.99. The largest absolute Gasteiger partial charge is 0.486 e. The van der Waals surface area contributed by atoms with E-state index in [1.165, 1.54) is 39.7 Å². The number of hydrogen-bond donors (Lipinski definition) is 1. The highest BCUT2D eigenvalue weighted by molar-refractivity contribution is 6.39. The van der Waals surface area contributed by atoms with Gasteiger partial charge in [0, 0.05) is 37.1 Å². The standard InChI is InChI=1S/C29H24Cl3N3O6/c1-38-28-19(29(39-2)40-3)12-20(30)23(35-28)15-41-24-9-5-7-18(26(24)32)17-6-4-8-21(25(17)31)34-27(37)22-11-10-16(14-36)13-33-22/h4-14,29H,15H2,1-3H3,(H,34,37). The van der Waals surface area contributed by atoms with Gasteiger partial charge in [0.15, 0.2) is 12.6 Å². The van der Waals surface area contributed by atoms with E-state index in [1.54, 1.807) is 42.5 Å². The van der Waals surface area contributed by atoms with Gasteiger partial charge in [-0.1, -0.05) is 59.1 Å². The SMILES string of the molecule is COc1nc(COc2cccc(-c3cccc(NC(=O)c4ccc(C=O)cn4)c3Cl)c2Cl)c(Cl)cc1C(OC)OC. The van der Waals surface area contributed by atoms with E-state index in [9.17, 15) is 9.59 Å². The van der Waals surface area contributed by atoms with Crippen LogP contribution < -0.4 is 14.8 Å². The molecule has 0 saturated heterocycles. The summed E-state index contributed by atoms with van der Waals surface area (Å²) in [5.74, 6) is 0.154. The van der Waals surface area contributed by atoms with Crippen LogP contribution in [0.2, 0.25) is 15.1 Å². The molecule has 1 amide bonds. The summed E-state index contributed by atoms with van der Waals surface area (Å²) in [6, 6.07) is 15.0. The smallest absolute Gasteiger partial charge is 0.274 e. The van der Waals surface area contributed by atoms with Gasteiger partial charge in [-0.25, -0.2) is 4.98 Å². The van der Waals surface area contributed by atoms with Gasteiger partial charge in [-0.15, -0.1) is 0 Å². The van der Waals surface area contributed by atoms with Crippen LogP contribution in [0.25, 0.3) is 11.1 Å². The highest BCUT2D eigenvalue weighted by Crippen LogP contribution is 2.41. The normalized spacial score (nSPS) is 10.9. The van der Waals surface area contributed by atoms with Crippen molar-refractivity contribution in [1.29, 1.82) is 0 Å². The first-order valence-corrected chi connectivity index (χ1v) is 13.2. The van der Waals surface area contributed by atoms with Crippen molar-refractivity contribution in [2.75, 3.05) is 26.6 Å². The lowest BCUT2D eigenvalue weighted by molar-refractivity contribution is -0.107. The maximum atomic E-state index is 12.7. The second-order valence-electron chi connectivity index (χ2n) is 8.44. The molecule has 0 saturated carbocycles. The van der Waals surface area contributed by atoms with Gasteiger partial charge in [-0.2, -0.15) is 0 Å². The van der Waals surface area contributed by atoms with Crippen LogP contribution in [0, 0.1) is 0 Å². The molecule has 2 heterocycles. The van der Waals surface area contributed by atoms with E-state index in [0.29, 0.717) is 55.7 Å². The number of nitrogens with zero attached hydrogens (tertiary/aromatic N) is 2. The molecule has 2 aromatic heterocycles. The Balaban J connectivity index is 1.57.